The van der Waals surface area contributed by atoms with E-state index in [1.54, 1.807) is 11.1 Å². The van der Waals surface area contributed by atoms with Gasteiger partial charge in [-0.25, -0.2) is 4.98 Å². The Kier molecular flexibility index (Phi) is 5.88. The molecule has 0 atom stereocenters. The quantitative estimate of drug-likeness (QED) is 0.620. The lowest BCUT2D eigenvalue weighted by molar-refractivity contribution is -0.141. The lowest BCUT2D eigenvalue weighted by Crippen LogP contribution is -2.47. The molecule has 2 aliphatic heterocycles. The molecule has 2 saturated heterocycles. The molecule has 4 heterocycles. The molecule has 0 saturated carbocycles. The Labute approximate surface area is 194 Å². The highest BCUT2D eigenvalue weighted by molar-refractivity contribution is 6.31. The molecule has 174 valence electrons. The number of pyridine rings is 1. The van der Waals surface area contributed by atoms with Gasteiger partial charge in [-0.3, -0.25) is 4.98 Å². The number of alkyl halides is 3. The van der Waals surface area contributed by atoms with Gasteiger partial charge < -0.3 is 20.0 Å². The topological polar surface area (TPSA) is 60.4 Å². The van der Waals surface area contributed by atoms with Crippen LogP contribution in [-0.4, -0.2) is 67.3 Å². The van der Waals surface area contributed by atoms with Crippen LogP contribution in [0.4, 0.5) is 30.6 Å². The van der Waals surface area contributed by atoms with Crippen LogP contribution in [0.1, 0.15) is 5.69 Å². The Bertz CT molecular complexity index is 1140. The van der Waals surface area contributed by atoms with Crippen molar-refractivity contribution in [3.05, 3.63) is 47.2 Å². The molecule has 0 radical (unpaired) electrons. The first kappa shape index (κ1) is 22.0. The average Bonchev–Trinajstić information content (AvgIpc) is 2.83. The smallest absolute Gasteiger partial charge is 0.367 e. The maximum absolute atomic E-state index is 13.6. The van der Waals surface area contributed by atoms with Crippen LogP contribution >= 0.6 is 11.6 Å². The van der Waals surface area contributed by atoms with Crippen molar-refractivity contribution in [1.29, 1.82) is 0 Å². The Morgan fingerprint density at radius 2 is 1.58 bits per heavy atom. The van der Waals surface area contributed by atoms with E-state index in [1.807, 2.05) is 29.2 Å². The van der Waals surface area contributed by atoms with Gasteiger partial charge in [0, 0.05) is 80.7 Å². The van der Waals surface area contributed by atoms with Crippen molar-refractivity contribution in [3.63, 3.8) is 0 Å². The first-order valence-electron chi connectivity index (χ1n) is 10.8. The summed E-state index contributed by atoms with van der Waals surface area (Å²) < 4.78 is 40.7. The van der Waals surface area contributed by atoms with Gasteiger partial charge >= 0.3 is 6.18 Å². The molecule has 0 spiro atoms. The summed E-state index contributed by atoms with van der Waals surface area (Å²) in [4.78, 5) is 18.7. The predicted octanol–water partition coefficient (Wildman–Crippen LogP) is 3.43. The summed E-state index contributed by atoms with van der Waals surface area (Å²) in [5.41, 5.74) is 0.950. The summed E-state index contributed by atoms with van der Waals surface area (Å²) in [5.74, 6) is 0.456. The number of piperazine rings is 2. The number of aromatic nitrogens is 3. The third-order valence-corrected chi connectivity index (χ3v) is 6.25. The summed E-state index contributed by atoms with van der Waals surface area (Å²) >= 11 is 6.10. The van der Waals surface area contributed by atoms with Gasteiger partial charge in [0.15, 0.2) is 5.69 Å². The van der Waals surface area contributed by atoms with Crippen molar-refractivity contribution >= 4 is 40.0 Å². The normalized spacial score (nSPS) is 17.6. The van der Waals surface area contributed by atoms with Crippen LogP contribution in [0.25, 0.3) is 10.9 Å². The first-order chi connectivity index (χ1) is 15.9. The first-order valence-corrected chi connectivity index (χ1v) is 11.2. The SMILES string of the molecule is FC(F)(F)c1cc(N2CCN(c3ccnc4cc(Cl)ccc34)CC2)nc(N2CCNCC2)n1. The number of hydrogen-bond acceptors (Lipinski definition) is 7. The molecule has 0 amide bonds. The highest BCUT2D eigenvalue weighted by atomic mass is 35.5. The van der Waals surface area contributed by atoms with Gasteiger partial charge in [-0.15, -0.1) is 0 Å². The Morgan fingerprint density at radius 3 is 2.30 bits per heavy atom. The number of nitrogens with one attached hydrogen (secondary N) is 1. The van der Waals surface area contributed by atoms with E-state index in [4.69, 9.17) is 11.6 Å². The Morgan fingerprint density at radius 1 is 0.848 bits per heavy atom. The number of nitrogens with zero attached hydrogens (tertiary/aromatic N) is 6. The molecule has 2 aliphatic rings. The molecule has 0 aliphatic carbocycles. The van der Waals surface area contributed by atoms with Crippen molar-refractivity contribution in [2.45, 2.75) is 6.18 Å². The van der Waals surface area contributed by atoms with Crippen LogP contribution in [0.2, 0.25) is 5.02 Å². The minimum Gasteiger partial charge on any atom is -0.367 e. The fourth-order valence-electron chi connectivity index (χ4n) is 4.29. The zero-order valence-corrected chi connectivity index (χ0v) is 18.6. The largest absolute Gasteiger partial charge is 0.433 e. The number of benzene rings is 1. The zero-order valence-electron chi connectivity index (χ0n) is 17.8. The van der Waals surface area contributed by atoms with Gasteiger partial charge in [-0.1, -0.05) is 11.6 Å². The van der Waals surface area contributed by atoms with Crippen molar-refractivity contribution < 1.29 is 13.2 Å². The molecule has 1 aromatic carbocycles. The fraction of sp³-hybridized carbons (Fsp3) is 0.409. The van der Waals surface area contributed by atoms with Crippen LogP contribution < -0.4 is 20.0 Å². The van der Waals surface area contributed by atoms with Crippen LogP contribution in [0.3, 0.4) is 0 Å². The van der Waals surface area contributed by atoms with Crippen molar-refractivity contribution in [2.75, 3.05) is 67.1 Å². The number of hydrogen-bond donors (Lipinski definition) is 1. The monoisotopic (exact) mass is 477 g/mol. The third-order valence-electron chi connectivity index (χ3n) is 6.02. The van der Waals surface area contributed by atoms with Crippen LogP contribution in [-0.2, 0) is 6.18 Å². The predicted molar refractivity (Wildman–Crippen MR) is 123 cm³/mol. The highest BCUT2D eigenvalue weighted by Gasteiger charge is 2.35. The van der Waals surface area contributed by atoms with Crippen LogP contribution in [0, 0.1) is 0 Å². The third kappa shape index (κ3) is 4.63. The summed E-state index contributed by atoms with van der Waals surface area (Å²) in [6.45, 7) is 4.93. The summed E-state index contributed by atoms with van der Waals surface area (Å²) in [6.07, 6.45) is -2.78. The maximum Gasteiger partial charge on any atom is 0.433 e. The molecular weight excluding hydrogens is 455 g/mol. The fourth-order valence-corrected chi connectivity index (χ4v) is 4.46. The van der Waals surface area contributed by atoms with Gasteiger partial charge in [-0.2, -0.15) is 18.2 Å². The molecule has 11 heteroatoms. The molecule has 2 fully saturated rings. The summed E-state index contributed by atoms with van der Waals surface area (Å²) in [7, 11) is 0. The molecule has 1 N–H and O–H groups in total. The summed E-state index contributed by atoms with van der Waals surface area (Å²) in [6, 6.07) is 8.63. The summed E-state index contributed by atoms with van der Waals surface area (Å²) in [5, 5.41) is 4.82. The molecule has 33 heavy (non-hydrogen) atoms. The minimum absolute atomic E-state index is 0.140. The van der Waals surface area contributed by atoms with E-state index in [1.165, 1.54) is 0 Å². The molecule has 7 nitrogen and oxygen atoms in total. The minimum atomic E-state index is -4.53. The van der Waals surface area contributed by atoms with Crippen molar-refractivity contribution in [1.82, 2.24) is 20.3 Å². The van der Waals surface area contributed by atoms with Gasteiger partial charge in [0.2, 0.25) is 5.95 Å². The second-order valence-electron chi connectivity index (χ2n) is 8.11. The van der Waals surface area contributed by atoms with Crippen molar-refractivity contribution in [3.8, 4) is 0 Å². The molecule has 3 aromatic rings. The van der Waals surface area contributed by atoms with E-state index in [0.717, 1.165) is 22.7 Å². The van der Waals surface area contributed by atoms with E-state index >= 15 is 0 Å². The van der Waals surface area contributed by atoms with Crippen LogP contribution in [0.5, 0.6) is 0 Å². The zero-order chi connectivity index (χ0) is 23.0. The van der Waals surface area contributed by atoms with Crippen molar-refractivity contribution in [2.24, 2.45) is 0 Å². The van der Waals surface area contributed by atoms with E-state index < -0.39 is 11.9 Å². The molecule has 2 aromatic heterocycles. The molecule has 0 bridgehead atoms. The van der Waals surface area contributed by atoms with Gasteiger partial charge in [-0.05, 0) is 24.3 Å². The second-order valence-corrected chi connectivity index (χ2v) is 8.55. The van der Waals surface area contributed by atoms with Gasteiger partial charge in [0.1, 0.15) is 5.82 Å². The van der Waals surface area contributed by atoms with E-state index in [0.29, 0.717) is 63.2 Å². The van der Waals surface area contributed by atoms with E-state index in [-0.39, 0.29) is 5.95 Å². The highest BCUT2D eigenvalue weighted by Crippen LogP contribution is 2.33. The second kappa shape index (κ2) is 8.83. The lowest BCUT2D eigenvalue weighted by atomic mass is 10.1. The maximum atomic E-state index is 13.6. The van der Waals surface area contributed by atoms with Crippen LogP contribution in [0.15, 0.2) is 36.5 Å². The molecule has 5 rings (SSSR count). The lowest BCUT2D eigenvalue weighted by Gasteiger charge is -2.37. The Balaban J connectivity index is 1.38. The number of rotatable bonds is 3. The number of fused-ring (bicyclic) bond motifs is 1. The number of anilines is 3. The van der Waals surface area contributed by atoms with Gasteiger partial charge in [0.05, 0.1) is 5.52 Å². The molecule has 0 unspecified atom stereocenters. The van der Waals surface area contributed by atoms with E-state index in [2.05, 4.69) is 25.2 Å². The number of halogens is 4. The molecular formula is C22H23ClF3N7. The standard InChI is InChI=1S/C22H23ClF3N7/c23-15-1-2-16-17(13-15)28-4-3-18(16)31-9-11-32(12-10-31)20-14-19(22(24,25)26)29-21(30-20)33-7-5-27-6-8-33/h1-4,13-14,27H,5-12H2. The van der Waals surface area contributed by atoms with E-state index in [9.17, 15) is 13.2 Å². The average molecular weight is 478 g/mol. The Hall–Kier alpha value is -2.85. The van der Waals surface area contributed by atoms with Gasteiger partial charge in [0.25, 0.3) is 0 Å².